The Hall–Kier alpha value is -2.72. The van der Waals surface area contributed by atoms with Crippen LogP contribution in [0.5, 0.6) is 0 Å². The molecule has 0 N–H and O–H groups in total. The van der Waals surface area contributed by atoms with Gasteiger partial charge in [-0.05, 0) is 42.0 Å². The Kier molecular flexibility index (Phi) is 4.08. The van der Waals surface area contributed by atoms with E-state index < -0.39 is 9.84 Å². The average Bonchev–Trinajstić information content (AvgIpc) is 2.99. The van der Waals surface area contributed by atoms with Crippen molar-refractivity contribution in [3.63, 3.8) is 0 Å². The smallest absolute Gasteiger partial charge is 0.175 e. The molecular formula is C17H14FN3O2S. The van der Waals surface area contributed by atoms with Crippen LogP contribution in [-0.4, -0.2) is 20.4 Å². The van der Waals surface area contributed by atoms with Gasteiger partial charge in [-0.3, -0.25) is 5.01 Å². The molecule has 0 spiro atoms. The number of anilines is 1. The molecule has 1 aliphatic rings. The molecule has 0 bridgehead atoms. The van der Waals surface area contributed by atoms with E-state index in [2.05, 4.69) is 5.10 Å². The minimum atomic E-state index is -3.27. The second kappa shape index (κ2) is 6.06. The monoisotopic (exact) mass is 343 g/mol. The fraction of sp³-hybridized carbons (Fsp3) is 0.176. The summed E-state index contributed by atoms with van der Waals surface area (Å²) in [6, 6.07) is 14.2. The average molecular weight is 343 g/mol. The van der Waals surface area contributed by atoms with E-state index in [0.717, 1.165) is 11.8 Å². The molecule has 5 nitrogen and oxygen atoms in total. The Balaban J connectivity index is 1.97. The van der Waals surface area contributed by atoms with Crippen molar-refractivity contribution in [1.82, 2.24) is 0 Å². The van der Waals surface area contributed by atoms with E-state index in [-0.39, 0.29) is 16.8 Å². The van der Waals surface area contributed by atoms with E-state index >= 15 is 0 Å². The van der Waals surface area contributed by atoms with E-state index in [1.54, 1.807) is 29.3 Å². The quantitative estimate of drug-likeness (QED) is 0.858. The summed E-state index contributed by atoms with van der Waals surface area (Å²) in [5.74, 6) is -0.350. The number of nitrogens with zero attached hydrogens (tertiary/aromatic N) is 3. The highest BCUT2D eigenvalue weighted by molar-refractivity contribution is 7.90. The molecule has 122 valence electrons. The molecule has 1 heterocycles. The zero-order valence-electron chi connectivity index (χ0n) is 12.8. The van der Waals surface area contributed by atoms with Crippen molar-refractivity contribution in [2.75, 3.05) is 11.3 Å². The van der Waals surface area contributed by atoms with Crippen molar-refractivity contribution in [3.8, 4) is 6.07 Å². The summed E-state index contributed by atoms with van der Waals surface area (Å²) >= 11 is 0. The minimum Gasteiger partial charge on any atom is -0.257 e. The summed E-state index contributed by atoms with van der Waals surface area (Å²) in [5.41, 5.74) is 1.87. The molecule has 2 aromatic carbocycles. The topological polar surface area (TPSA) is 73.5 Å². The van der Waals surface area contributed by atoms with Gasteiger partial charge in [-0.25, -0.2) is 12.8 Å². The highest BCUT2D eigenvalue weighted by Crippen LogP contribution is 2.35. The van der Waals surface area contributed by atoms with Crippen LogP contribution in [0.25, 0.3) is 0 Å². The van der Waals surface area contributed by atoms with Gasteiger partial charge in [0.05, 0.1) is 16.6 Å². The zero-order valence-corrected chi connectivity index (χ0v) is 13.7. The first kappa shape index (κ1) is 16.1. The maximum Gasteiger partial charge on any atom is 0.175 e. The fourth-order valence-electron chi connectivity index (χ4n) is 2.61. The molecule has 0 fully saturated rings. The maximum atomic E-state index is 13.1. The zero-order chi connectivity index (χ0) is 17.3. The molecule has 1 atom stereocenters. The van der Waals surface area contributed by atoms with Gasteiger partial charge in [0.15, 0.2) is 9.84 Å². The number of hydrogen-bond donors (Lipinski definition) is 0. The molecule has 0 amide bonds. The molecule has 7 heteroatoms. The lowest BCUT2D eigenvalue weighted by molar-refractivity contribution is 0.601. The Morgan fingerprint density at radius 3 is 2.33 bits per heavy atom. The van der Waals surface area contributed by atoms with Crippen LogP contribution in [0, 0.1) is 17.1 Å². The molecule has 1 unspecified atom stereocenters. The van der Waals surface area contributed by atoms with Crippen molar-refractivity contribution in [2.24, 2.45) is 5.10 Å². The number of hydrazone groups is 1. The number of benzene rings is 2. The lowest BCUT2D eigenvalue weighted by Crippen LogP contribution is -2.18. The Morgan fingerprint density at radius 2 is 1.79 bits per heavy atom. The second-order valence-electron chi connectivity index (χ2n) is 5.54. The second-order valence-corrected chi connectivity index (χ2v) is 7.56. The van der Waals surface area contributed by atoms with Gasteiger partial charge in [0.25, 0.3) is 0 Å². The third-order valence-electron chi connectivity index (χ3n) is 3.82. The van der Waals surface area contributed by atoms with Gasteiger partial charge in [0, 0.05) is 12.7 Å². The number of nitriles is 1. The maximum absolute atomic E-state index is 13.1. The van der Waals surface area contributed by atoms with E-state index in [1.807, 2.05) is 6.07 Å². The summed E-state index contributed by atoms with van der Waals surface area (Å²) in [4.78, 5) is 0.235. The Bertz CT molecular complexity index is 929. The number of halogens is 1. The fourth-order valence-corrected chi connectivity index (χ4v) is 3.24. The summed E-state index contributed by atoms with van der Waals surface area (Å²) in [7, 11) is -3.27. The van der Waals surface area contributed by atoms with Crippen LogP contribution < -0.4 is 5.01 Å². The van der Waals surface area contributed by atoms with Gasteiger partial charge in [-0.2, -0.15) is 10.4 Å². The van der Waals surface area contributed by atoms with E-state index in [1.165, 1.54) is 24.3 Å². The first-order valence-corrected chi connectivity index (χ1v) is 9.10. The van der Waals surface area contributed by atoms with Crippen molar-refractivity contribution in [3.05, 3.63) is 59.9 Å². The molecule has 0 aliphatic carbocycles. The predicted molar refractivity (Wildman–Crippen MR) is 88.8 cm³/mol. The number of hydrogen-bond acceptors (Lipinski definition) is 5. The Morgan fingerprint density at radius 1 is 1.17 bits per heavy atom. The third kappa shape index (κ3) is 3.14. The predicted octanol–water partition coefficient (Wildman–Crippen LogP) is 3.06. The largest absolute Gasteiger partial charge is 0.257 e. The van der Waals surface area contributed by atoms with Crippen LogP contribution in [0.15, 0.2) is 58.5 Å². The van der Waals surface area contributed by atoms with E-state index in [0.29, 0.717) is 17.8 Å². The standard InChI is InChI=1S/C17H14FN3O2S/c1-24(22,23)16-8-2-12(3-9-16)17-10-14(11-19)20-21(17)15-6-4-13(18)5-7-15/h2-9,17H,10H2,1H3. The van der Waals surface area contributed by atoms with E-state index in [9.17, 15) is 12.8 Å². The van der Waals surface area contributed by atoms with Crippen molar-refractivity contribution < 1.29 is 12.8 Å². The van der Waals surface area contributed by atoms with Crippen molar-refractivity contribution >= 4 is 21.2 Å². The number of rotatable bonds is 3. The Labute approximate surface area is 139 Å². The first-order chi connectivity index (χ1) is 11.4. The summed E-state index contributed by atoms with van der Waals surface area (Å²) in [6.07, 6.45) is 1.56. The van der Waals surface area contributed by atoms with Crippen LogP contribution in [0.3, 0.4) is 0 Å². The normalized spacial score (nSPS) is 17.5. The summed E-state index contributed by atoms with van der Waals surface area (Å²) < 4.78 is 36.3. The molecule has 24 heavy (non-hydrogen) atoms. The molecule has 0 aromatic heterocycles. The summed E-state index contributed by atoms with van der Waals surface area (Å²) in [6.45, 7) is 0. The molecule has 0 saturated heterocycles. The first-order valence-electron chi connectivity index (χ1n) is 7.21. The highest BCUT2D eigenvalue weighted by atomic mass is 32.2. The number of sulfone groups is 1. The molecule has 0 radical (unpaired) electrons. The summed E-state index contributed by atoms with van der Waals surface area (Å²) in [5, 5.41) is 15.1. The van der Waals surface area contributed by atoms with Crippen LogP contribution in [0.1, 0.15) is 18.0 Å². The third-order valence-corrected chi connectivity index (χ3v) is 4.95. The molecule has 0 saturated carbocycles. The van der Waals surface area contributed by atoms with Crippen LogP contribution in [0.2, 0.25) is 0 Å². The van der Waals surface area contributed by atoms with Gasteiger partial charge < -0.3 is 0 Å². The molecule has 2 aromatic rings. The molecular weight excluding hydrogens is 329 g/mol. The van der Waals surface area contributed by atoms with Gasteiger partial charge in [0.1, 0.15) is 17.6 Å². The SMILES string of the molecule is CS(=O)(=O)c1ccc(C2CC(C#N)=NN2c2ccc(F)cc2)cc1. The van der Waals surface area contributed by atoms with Crippen LogP contribution in [0.4, 0.5) is 10.1 Å². The van der Waals surface area contributed by atoms with Gasteiger partial charge in [-0.1, -0.05) is 12.1 Å². The van der Waals surface area contributed by atoms with Crippen molar-refractivity contribution in [1.29, 1.82) is 5.26 Å². The van der Waals surface area contributed by atoms with Gasteiger partial charge in [0.2, 0.25) is 0 Å². The van der Waals surface area contributed by atoms with Gasteiger partial charge in [-0.15, -0.1) is 0 Å². The van der Waals surface area contributed by atoms with Crippen LogP contribution >= 0.6 is 0 Å². The van der Waals surface area contributed by atoms with E-state index in [4.69, 9.17) is 5.26 Å². The van der Waals surface area contributed by atoms with Gasteiger partial charge >= 0.3 is 0 Å². The van der Waals surface area contributed by atoms with Crippen molar-refractivity contribution in [2.45, 2.75) is 17.4 Å². The van der Waals surface area contributed by atoms with Crippen LogP contribution in [-0.2, 0) is 9.84 Å². The lowest BCUT2D eigenvalue weighted by atomic mass is 10.0. The minimum absolute atomic E-state index is 0.235. The lowest BCUT2D eigenvalue weighted by Gasteiger charge is -2.24. The molecule has 1 aliphatic heterocycles. The molecule has 3 rings (SSSR count). The highest BCUT2D eigenvalue weighted by Gasteiger charge is 2.29.